The molecule has 5 heteroatoms. The molecule has 0 amide bonds. The van der Waals surface area contributed by atoms with Gasteiger partial charge in [0.2, 0.25) is 0 Å². The highest BCUT2D eigenvalue weighted by molar-refractivity contribution is 5.70. The van der Waals surface area contributed by atoms with Crippen molar-refractivity contribution < 1.29 is 19.1 Å². The van der Waals surface area contributed by atoms with Crippen LogP contribution < -0.4 is 0 Å². The average molecular weight is 428 g/mol. The van der Waals surface area contributed by atoms with Crippen LogP contribution in [0.3, 0.4) is 0 Å². The number of carbonyl (C=O) groups excluding carboxylic acids is 2. The second kappa shape index (κ2) is 19.8. The first-order valence-corrected chi connectivity index (χ1v) is 12.5. The molecule has 0 aromatic heterocycles. The maximum Gasteiger partial charge on any atom is 0.307 e. The molecule has 178 valence electrons. The molecule has 0 N–H and O–H groups in total. The predicted octanol–water partition coefficient (Wildman–Crippen LogP) is 6.63. The van der Waals surface area contributed by atoms with E-state index in [1.807, 2.05) is 14.1 Å². The van der Waals surface area contributed by atoms with E-state index in [0.717, 1.165) is 25.7 Å². The van der Waals surface area contributed by atoms with Crippen LogP contribution in [0.2, 0.25) is 0 Å². The number of ether oxygens (including phenoxy) is 2. The van der Waals surface area contributed by atoms with Gasteiger partial charge in [-0.05, 0) is 33.9 Å². The Hall–Kier alpha value is -1.10. The highest BCUT2D eigenvalue weighted by atomic mass is 16.6. The lowest BCUT2D eigenvalue weighted by Crippen LogP contribution is -2.43. The van der Waals surface area contributed by atoms with Crippen molar-refractivity contribution in [2.75, 3.05) is 14.1 Å². The topological polar surface area (TPSA) is 55.8 Å². The third kappa shape index (κ3) is 16.7. The van der Waals surface area contributed by atoms with E-state index in [-0.39, 0.29) is 11.9 Å². The standard InChI is InChI=1S/C25H49NO4/c1-6-8-10-12-14-16-18-20-23(27)29-22(3)25(26(4)5)30-24(28)21-19-17-15-13-11-9-7-2/h22,25H,6-21H2,1-5H3. The summed E-state index contributed by atoms with van der Waals surface area (Å²) in [6, 6.07) is 0. The van der Waals surface area contributed by atoms with Crippen molar-refractivity contribution in [2.24, 2.45) is 0 Å². The van der Waals surface area contributed by atoms with E-state index in [0.29, 0.717) is 12.8 Å². The molecule has 0 aromatic rings. The molecule has 0 rings (SSSR count). The van der Waals surface area contributed by atoms with Gasteiger partial charge in [0.05, 0.1) is 0 Å². The van der Waals surface area contributed by atoms with Gasteiger partial charge in [-0.1, -0.05) is 90.9 Å². The molecular weight excluding hydrogens is 378 g/mol. The van der Waals surface area contributed by atoms with Gasteiger partial charge in [-0.2, -0.15) is 0 Å². The summed E-state index contributed by atoms with van der Waals surface area (Å²) in [6.07, 6.45) is 16.2. The largest absolute Gasteiger partial charge is 0.457 e. The number of likely N-dealkylation sites (N-methyl/N-ethyl adjacent to an activating group) is 1. The normalized spacial score (nSPS) is 13.3. The van der Waals surface area contributed by atoms with Crippen molar-refractivity contribution in [1.29, 1.82) is 0 Å². The second-order valence-corrected chi connectivity index (χ2v) is 8.78. The fourth-order valence-electron chi connectivity index (χ4n) is 3.59. The first kappa shape index (κ1) is 28.9. The van der Waals surface area contributed by atoms with Gasteiger partial charge in [-0.15, -0.1) is 0 Å². The number of hydrogen-bond acceptors (Lipinski definition) is 5. The molecule has 2 unspecified atom stereocenters. The Labute approximate surface area is 186 Å². The third-order valence-electron chi connectivity index (χ3n) is 5.45. The molecule has 0 aliphatic rings. The lowest BCUT2D eigenvalue weighted by atomic mass is 10.1. The Bertz CT molecular complexity index is 425. The quantitative estimate of drug-likeness (QED) is 0.124. The summed E-state index contributed by atoms with van der Waals surface area (Å²) >= 11 is 0. The van der Waals surface area contributed by atoms with Gasteiger partial charge in [-0.3, -0.25) is 14.5 Å². The third-order valence-corrected chi connectivity index (χ3v) is 5.45. The molecule has 0 aliphatic carbocycles. The van der Waals surface area contributed by atoms with E-state index >= 15 is 0 Å². The maximum atomic E-state index is 12.2. The molecule has 0 aliphatic heterocycles. The van der Waals surface area contributed by atoms with Gasteiger partial charge in [0.1, 0.15) is 6.10 Å². The average Bonchev–Trinajstić information content (AvgIpc) is 2.70. The summed E-state index contributed by atoms with van der Waals surface area (Å²) < 4.78 is 11.2. The molecule has 0 radical (unpaired) electrons. The summed E-state index contributed by atoms with van der Waals surface area (Å²) in [7, 11) is 3.68. The summed E-state index contributed by atoms with van der Waals surface area (Å²) in [5, 5.41) is 0. The van der Waals surface area contributed by atoms with Gasteiger partial charge in [0, 0.05) is 12.8 Å². The van der Waals surface area contributed by atoms with Crippen LogP contribution in [0.4, 0.5) is 0 Å². The molecule has 2 atom stereocenters. The Balaban J connectivity index is 4.05. The van der Waals surface area contributed by atoms with Crippen molar-refractivity contribution in [3.8, 4) is 0 Å². The van der Waals surface area contributed by atoms with Crippen LogP contribution in [0.15, 0.2) is 0 Å². The lowest BCUT2D eigenvalue weighted by Gasteiger charge is -2.29. The second-order valence-electron chi connectivity index (χ2n) is 8.78. The van der Waals surface area contributed by atoms with Crippen LogP contribution in [0.5, 0.6) is 0 Å². The number of hydrogen-bond donors (Lipinski definition) is 0. The van der Waals surface area contributed by atoms with Crippen LogP contribution in [0, 0.1) is 0 Å². The summed E-state index contributed by atoms with van der Waals surface area (Å²) in [6.45, 7) is 6.23. The van der Waals surface area contributed by atoms with Crippen molar-refractivity contribution in [1.82, 2.24) is 4.90 Å². The maximum absolute atomic E-state index is 12.2. The lowest BCUT2D eigenvalue weighted by molar-refractivity contribution is -0.179. The Morgan fingerprint density at radius 1 is 0.633 bits per heavy atom. The minimum Gasteiger partial charge on any atom is -0.457 e. The smallest absolute Gasteiger partial charge is 0.307 e. The highest BCUT2D eigenvalue weighted by Gasteiger charge is 2.26. The minimum absolute atomic E-state index is 0.203. The summed E-state index contributed by atoms with van der Waals surface area (Å²) in [5.41, 5.74) is 0. The number of rotatable bonds is 20. The molecule has 0 saturated heterocycles. The number of esters is 2. The summed E-state index contributed by atoms with van der Waals surface area (Å²) in [5.74, 6) is -0.414. The Morgan fingerprint density at radius 2 is 1.00 bits per heavy atom. The van der Waals surface area contributed by atoms with E-state index in [9.17, 15) is 9.59 Å². The van der Waals surface area contributed by atoms with E-state index in [2.05, 4.69) is 13.8 Å². The molecule has 5 nitrogen and oxygen atoms in total. The molecule has 0 heterocycles. The molecule has 0 spiro atoms. The zero-order valence-electron chi connectivity index (χ0n) is 20.5. The van der Waals surface area contributed by atoms with Gasteiger partial charge in [-0.25, -0.2) is 0 Å². The molecular formula is C25H49NO4. The number of carbonyl (C=O) groups is 2. The van der Waals surface area contributed by atoms with E-state index < -0.39 is 12.3 Å². The Kier molecular flexibility index (Phi) is 19.1. The van der Waals surface area contributed by atoms with Crippen molar-refractivity contribution in [2.45, 2.75) is 136 Å². The highest BCUT2D eigenvalue weighted by Crippen LogP contribution is 2.14. The van der Waals surface area contributed by atoms with Crippen LogP contribution >= 0.6 is 0 Å². The molecule has 0 aromatic carbocycles. The van der Waals surface area contributed by atoms with E-state index in [1.54, 1.807) is 11.8 Å². The van der Waals surface area contributed by atoms with Gasteiger partial charge in [0.15, 0.2) is 6.23 Å². The zero-order chi connectivity index (χ0) is 22.6. The number of nitrogens with zero attached hydrogens (tertiary/aromatic N) is 1. The van der Waals surface area contributed by atoms with Gasteiger partial charge < -0.3 is 9.47 Å². The summed E-state index contributed by atoms with van der Waals surface area (Å²) in [4.78, 5) is 26.2. The van der Waals surface area contributed by atoms with E-state index in [4.69, 9.17) is 9.47 Å². The Morgan fingerprint density at radius 3 is 1.40 bits per heavy atom. The van der Waals surface area contributed by atoms with Crippen molar-refractivity contribution in [3.63, 3.8) is 0 Å². The first-order valence-electron chi connectivity index (χ1n) is 12.5. The molecule has 0 bridgehead atoms. The van der Waals surface area contributed by atoms with Crippen LogP contribution in [-0.2, 0) is 19.1 Å². The van der Waals surface area contributed by atoms with Gasteiger partial charge in [0.25, 0.3) is 0 Å². The predicted molar refractivity (Wildman–Crippen MR) is 124 cm³/mol. The first-order chi connectivity index (χ1) is 14.4. The van der Waals surface area contributed by atoms with Crippen molar-refractivity contribution >= 4 is 11.9 Å². The van der Waals surface area contributed by atoms with E-state index in [1.165, 1.54) is 64.2 Å². The monoisotopic (exact) mass is 427 g/mol. The van der Waals surface area contributed by atoms with Gasteiger partial charge >= 0.3 is 11.9 Å². The van der Waals surface area contributed by atoms with Crippen molar-refractivity contribution in [3.05, 3.63) is 0 Å². The van der Waals surface area contributed by atoms with Crippen LogP contribution in [0.25, 0.3) is 0 Å². The number of unbranched alkanes of at least 4 members (excludes halogenated alkanes) is 12. The fraction of sp³-hybridized carbons (Fsp3) is 0.920. The fourth-order valence-corrected chi connectivity index (χ4v) is 3.59. The van der Waals surface area contributed by atoms with Crippen LogP contribution in [0.1, 0.15) is 124 Å². The van der Waals surface area contributed by atoms with Crippen LogP contribution in [-0.4, -0.2) is 43.3 Å². The molecule has 0 fully saturated rings. The zero-order valence-corrected chi connectivity index (χ0v) is 20.5. The molecule has 0 saturated carbocycles. The molecule has 30 heavy (non-hydrogen) atoms. The SMILES string of the molecule is CCCCCCCCCC(=O)OC(C)C(OC(=O)CCCCCCCCC)N(C)C. The minimum atomic E-state index is -0.542.